The summed E-state index contributed by atoms with van der Waals surface area (Å²) in [5, 5.41) is 11.1. The first-order chi connectivity index (χ1) is 18.9. The number of nitrogens with one attached hydrogen (secondary N) is 2. The van der Waals surface area contributed by atoms with Crippen molar-refractivity contribution in [1.29, 1.82) is 0 Å². The van der Waals surface area contributed by atoms with E-state index < -0.39 is 46.3 Å². The maximum Gasteiger partial charge on any atom is 0.416 e. The van der Waals surface area contributed by atoms with Crippen LogP contribution in [0.25, 0.3) is 0 Å². The number of aromatic nitrogens is 1. The lowest BCUT2D eigenvalue weighted by atomic mass is 10.1. The number of ether oxygens (including phenoxy) is 3. The molecular weight excluding hydrogens is 543 g/mol. The Morgan fingerprint density at radius 1 is 0.850 bits per heavy atom. The third-order valence-electron chi connectivity index (χ3n) is 5.10. The number of anilines is 1. The van der Waals surface area contributed by atoms with Crippen molar-refractivity contribution in [1.82, 2.24) is 4.98 Å². The lowest BCUT2D eigenvalue weighted by Crippen LogP contribution is -2.16. The molecule has 0 saturated heterocycles. The number of phenolic OH excluding ortho intramolecular Hbond substituents is 1. The Balaban J connectivity index is 0.000000371. The molecule has 0 aliphatic carbocycles. The highest BCUT2D eigenvalue weighted by molar-refractivity contribution is 6.06. The van der Waals surface area contributed by atoms with Gasteiger partial charge in [0.05, 0.1) is 25.3 Å². The smallest absolute Gasteiger partial charge is 0.416 e. The van der Waals surface area contributed by atoms with E-state index in [2.05, 4.69) is 10.3 Å². The van der Waals surface area contributed by atoms with Crippen LogP contribution in [0.5, 0.6) is 28.7 Å². The average Bonchev–Trinajstić information content (AvgIpc) is 2.91. The number of methoxy groups -OCH3 is 2. The molecule has 0 fully saturated rings. The number of phenols is 1. The summed E-state index contributed by atoms with van der Waals surface area (Å²) >= 11 is 0. The van der Waals surface area contributed by atoms with Gasteiger partial charge in [-0.3, -0.25) is 9.59 Å². The summed E-state index contributed by atoms with van der Waals surface area (Å²) in [6.07, 6.45) is -3.42. The van der Waals surface area contributed by atoms with E-state index in [1.165, 1.54) is 44.7 Å². The summed E-state index contributed by atoms with van der Waals surface area (Å²) in [5.74, 6) is -3.12. The monoisotopic (exact) mass is 564 g/mol. The minimum atomic E-state index is -4.71. The van der Waals surface area contributed by atoms with E-state index in [1.807, 2.05) is 0 Å². The fourth-order valence-corrected chi connectivity index (χ4v) is 3.12. The Kier molecular flexibility index (Phi) is 9.33. The molecule has 4 aromatic rings. The van der Waals surface area contributed by atoms with E-state index in [9.17, 15) is 31.5 Å². The molecule has 0 unspecified atom stereocenters. The third kappa shape index (κ3) is 7.72. The van der Waals surface area contributed by atoms with Crippen LogP contribution >= 0.6 is 0 Å². The normalized spacial score (nSPS) is 10.7. The summed E-state index contributed by atoms with van der Waals surface area (Å²) in [6, 6.07) is 12.0. The van der Waals surface area contributed by atoms with Crippen molar-refractivity contribution in [3.8, 4) is 28.7 Å². The molecule has 0 radical (unpaired) electrons. The molecule has 3 N–H and O–H groups in total. The van der Waals surface area contributed by atoms with Crippen molar-refractivity contribution < 1.29 is 46.1 Å². The van der Waals surface area contributed by atoms with E-state index in [-0.39, 0.29) is 22.7 Å². The topological polar surface area (TPSA) is 110 Å². The van der Waals surface area contributed by atoms with E-state index in [0.29, 0.717) is 17.9 Å². The highest BCUT2D eigenvalue weighted by atomic mass is 19.4. The first-order valence-corrected chi connectivity index (χ1v) is 11.2. The molecule has 0 aliphatic rings. The second kappa shape index (κ2) is 12.7. The highest BCUT2D eigenvalue weighted by Gasteiger charge is 2.32. The van der Waals surface area contributed by atoms with Crippen molar-refractivity contribution in [2.45, 2.75) is 6.18 Å². The predicted octanol–water partition coefficient (Wildman–Crippen LogP) is 6.13. The minimum Gasteiger partial charge on any atom is -0.505 e. The molecule has 8 nitrogen and oxygen atoms in total. The van der Waals surface area contributed by atoms with Crippen LogP contribution < -0.4 is 25.1 Å². The minimum absolute atomic E-state index is 0.116. The quantitative estimate of drug-likeness (QED) is 0.243. The summed E-state index contributed by atoms with van der Waals surface area (Å²) in [7, 11) is 2.75. The Bertz CT molecular complexity index is 1560. The van der Waals surface area contributed by atoms with Crippen LogP contribution in [0.2, 0.25) is 0 Å². The molecular formula is C27H21F5N2O6. The van der Waals surface area contributed by atoms with Gasteiger partial charge in [0.2, 0.25) is 5.56 Å². The van der Waals surface area contributed by atoms with Gasteiger partial charge in [-0.15, -0.1) is 0 Å². The summed E-state index contributed by atoms with van der Waals surface area (Å²) < 4.78 is 80.9. The van der Waals surface area contributed by atoms with E-state index in [4.69, 9.17) is 19.3 Å². The largest absolute Gasteiger partial charge is 0.505 e. The van der Waals surface area contributed by atoms with Crippen LogP contribution in [0.4, 0.5) is 27.6 Å². The number of halogens is 5. The molecule has 1 heterocycles. The SMILES string of the molecule is COc1ccc(O)c(F)c1.COc1ccc(Oc2cc(C(F)(F)F)ccc2C(=O)Nc2cc[nH]c(=O)c2)c(F)c1. The Morgan fingerprint density at radius 2 is 1.50 bits per heavy atom. The second-order valence-electron chi connectivity index (χ2n) is 7.82. The van der Waals surface area contributed by atoms with Gasteiger partial charge in [-0.1, -0.05) is 0 Å². The van der Waals surface area contributed by atoms with Crippen molar-refractivity contribution in [3.05, 3.63) is 106 Å². The van der Waals surface area contributed by atoms with Gasteiger partial charge in [0.25, 0.3) is 5.91 Å². The van der Waals surface area contributed by atoms with Crippen LogP contribution in [-0.2, 0) is 6.18 Å². The average molecular weight is 564 g/mol. The molecule has 13 heteroatoms. The van der Waals surface area contributed by atoms with Crippen molar-refractivity contribution in [3.63, 3.8) is 0 Å². The summed E-state index contributed by atoms with van der Waals surface area (Å²) in [4.78, 5) is 26.3. The number of H-pyrrole nitrogens is 1. The number of amides is 1. The number of benzene rings is 3. The molecule has 0 spiro atoms. The van der Waals surface area contributed by atoms with Crippen LogP contribution in [0.1, 0.15) is 15.9 Å². The van der Waals surface area contributed by atoms with E-state index in [1.54, 1.807) is 0 Å². The van der Waals surface area contributed by atoms with Gasteiger partial charge in [-0.25, -0.2) is 8.78 Å². The number of alkyl halides is 3. The first-order valence-electron chi connectivity index (χ1n) is 11.2. The van der Waals surface area contributed by atoms with Gasteiger partial charge in [0, 0.05) is 30.1 Å². The third-order valence-corrected chi connectivity index (χ3v) is 5.10. The number of aromatic hydroxyl groups is 1. The van der Waals surface area contributed by atoms with Crippen LogP contribution in [0.15, 0.2) is 77.7 Å². The molecule has 4 rings (SSSR count). The van der Waals surface area contributed by atoms with Gasteiger partial charge in [0.15, 0.2) is 23.1 Å². The number of aromatic amines is 1. The zero-order valence-electron chi connectivity index (χ0n) is 20.8. The molecule has 0 aliphatic heterocycles. The molecule has 1 amide bonds. The second-order valence-corrected chi connectivity index (χ2v) is 7.82. The molecule has 0 atom stereocenters. The lowest BCUT2D eigenvalue weighted by Gasteiger charge is -2.15. The molecule has 1 aromatic heterocycles. The number of carbonyl (C=O) groups excluding carboxylic acids is 1. The van der Waals surface area contributed by atoms with Gasteiger partial charge in [-0.2, -0.15) is 13.2 Å². The Hall–Kier alpha value is -5.07. The van der Waals surface area contributed by atoms with E-state index in [0.717, 1.165) is 30.3 Å². The fraction of sp³-hybridized carbons (Fsp3) is 0.111. The standard InChI is InChI=1S/C20H14F4N2O4.C7H7FO2/c1-29-13-3-5-16(15(21)10-13)30-17-8-11(20(22,23)24)2-4-14(17)19(28)26-12-6-7-25-18(27)9-12;1-10-5-2-3-7(9)6(8)4-5/h2-10H,1H3,(H2,25,26,27,28);2-4,9H,1H3. The van der Waals surface area contributed by atoms with E-state index >= 15 is 0 Å². The highest BCUT2D eigenvalue weighted by Crippen LogP contribution is 2.36. The summed E-state index contributed by atoms with van der Waals surface area (Å²) in [6.45, 7) is 0. The van der Waals surface area contributed by atoms with Gasteiger partial charge >= 0.3 is 6.18 Å². The number of rotatable bonds is 6. The maximum atomic E-state index is 14.2. The molecule has 0 bridgehead atoms. The number of hydrogen-bond donors (Lipinski definition) is 3. The molecule has 40 heavy (non-hydrogen) atoms. The van der Waals surface area contributed by atoms with Crippen LogP contribution in [-0.4, -0.2) is 30.2 Å². The van der Waals surface area contributed by atoms with Crippen LogP contribution in [0, 0.1) is 11.6 Å². The number of pyridine rings is 1. The number of carbonyl (C=O) groups is 1. The Labute approximate surface area is 223 Å². The zero-order valence-corrected chi connectivity index (χ0v) is 20.8. The molecule has 210 valence electrons. The van der Waals surface area contributed by atoms with Crippen molar-refractivity contribution in [2.24, 2.45) is 0 Å². The van der Waals surface area contributed by atoms with Gasteiger partial charge in [0.1, 0.15) is 17.2 Å². The fourth-order valence-electron chi connectivity index (χ4n) is 3.12. The Morgan fingerprint density at radius 3 is 2.08 bits per heavy atom. The van der Waals surface area contributed by atoms with Gasteiger partial charge < -0.3 is 29.6 Å². The van der Waals surface area contributed by atoms with Crippen molar-refractivity contribution >= 4 is 11.6 Å². The van der Waals surface area contributed by atoms with Gasteiger partial charge in [-0.05, 0) is 48.5 Å². The molecule has 0 saturated carbocycles. The predicted molar refractivity (Wildman–Crippen MR) is 134 cm³/mol. The zero-order chi connectivity index (χ0) is 29.4. The molecule has 3 aromatic carbocycles. The van der Waals surface area contributed by atoms with Crippen molar-refractivity contribution in [2.75, 3.05) is 19.5 Å². The summed E-state index contributed by atoms with van der Waals surface area (Å²) in [5.41, 5.74) is -1.75. The maximum absolute atomic E-state index is 14.2. The lowest BCUT2D eigenvalue weighted by molar-refractivity contribution is -0.137. The number of hydrogen-bond acceptors (Lipinski definition) is 6. The van der Waals surface area contributed by atoms with Crippen LogP contribution in [0.3, 0.4) is 0 Å². The first kappa shape index (κ1) is 29.5.